The maximum atomic E-state index is 13.0. The molecule has 0 saturated carbocycles. The molecule has 3 N–H and O–H groups in total. The molecule has 28 heavy (non-hydrogen) atoms. The van der Waals surface area contributed by atoms with Crippen LogP contribution >= 0.6 is 0 Å². The Morgan fingerprint density at radius 2 is 1.79 bits per heavy atom. The highest BCUT2D eigenvalue weighted by Crippen LogP contribution is 2.39. The molecule has 1 aromatic heterocycles. The highest BCUT2D eigenvalue weighted by Gasteiger charge is 2.33. The highest BCUT2D eigenvalue weighted by molar-refractivity contribution is 5.88. The van der Waals surface area contributed by atoms with Gasteiger partial charge < -0.3 is 20.3 Å². The first-order chi connectivity index (χ1) is 13.4. The quantitative estimate of drug-likeness (QED) is 0.297. The van der Waals surface area contributed by atoms with Crippen LogP contribution in [0, 0.1) is 5.92 Å². The molecule has 2 aromatic carbocycles. The van der Waals surface area contributed by atoms with Crippen LogP contribution in [0.4, 0.5) is 0 Å². The summed E-state index contributed by atoms with van der Waals surface area (Å²) < 4.78 is 5.54. The number of nitrogens with two attached hydrogens (primary N) is 1. The molecule has 0 radical (unpaired) electrons. The smallest absolute Gasteiger partial charge is 0.343 e. The van der Waals surface area contributed by atoms with Crippen LogP contribution in [0.2, 0.25) is 0 Å². The van der Waals surface area contributed by atoms with Crippen LogP contribution in [-0.4, -0.2) is 36.4 Å². The van der Waals surface area contributed by atoms with E-state index in [4.69, 9.17) is 10.3 Å². The number of benzene rings is 2. The molecular formula is C22H25N3O3. The number of fused-ring (bicyclic) bond motifs is 1. The van der Waals surface area contributed by atoms with E-state index in [1.807, 2.05) is 56.3 Å². The van der Waals surface area contributed by atoms with Crippen molar-refractivity contribution >= 4 is 16.7 Å². The predicted octanol–water partition coefficient (Wildman–Crippen LogP) is 3.14. The summed E-state index contributed by atoms with van der Waals surface area (Å²) in [6.45, 7) is 2.43. The zero-order chi connectivity index (χ0) is 20.3. The lowest BCUT2D eigenvalue weighted by Crippen LogP contribution is -2.34. The highest BCUT2D eigenvalue weighted by atomic mass is 16.4. The van der Waals surface area contributed by atoms with Gasteiger partial charge in [0, 0.05) is 24.1 Å². The number of aromatic hydroxyl groups is 1. The van der Waals surface area contributed by atoms with Gasteiger partial charge in [0.1, 0.15) is 11.3 Å². The average Bonchev–Trinajstić information content (AvgIpc) is 2.69. The van der Waals surface area contributed by atoms with Gasteiger partial charge in [0.2, 0.25) is 0 Å². The lowest BCUT2D eigenvalue weighted by atomic mass is 9.78. The monoisotopic (exact) mass is 379 g/mol. The normalized spacial score (nSPS) is 14.4. The molecule has 0 saturated heterocycles. The van der Waals surface area contributed by atoms with Gasteiger partial charge in [-0.1, -0.05) is 42.5 Å². The van der Waals surface area contributed by atoms with Crippen LogP contribution in [0.1, 0.15) is 24.0 Å². The summed E-state index contributed by atoms with van der Waals surface area (Å²) in [5.74, 6) is 4.87. The molecule has 2 atom stereocenters. The second kappa shape index (κ2) is 8.27. The molecule has 0 aliphatic heterocycles. The van der Waals surface area contributed by atoms with Crippen molar-refractivity contribution in [1.82, 2.24) is 4.90 Å². The van der Waals surface area contributed by atoms with E-state index < -0.39 is 11.5 Å². The van der Waals surface area contributed by atoms with Gasteiger partial charge in [-0.3, -0.25) is 0 Å². The van der Waals surface area contributed by atoms with E-state index in [-0.39, 0.29) is 17.2 Å². The van der Waals surface area contributed by atoms with E-state index >= 15 is 0 Å². The van der Waals surface area contributed by atoms with Crippen LogP contribution in [-0.2, 0) is 0 Å². The van der Waals surface area contributed by atoms with Crippen molar-refractivity contribution in [3.63, 3.8) is 0 Å². The van der Waals surface area contributed by atoms with Crippen molar-refractivity contribution < 1.29 is 9.52 Å². The van der Waals surface area contributed by atoms with Crippen molar-refractivity contribution in [2.45, 2.75) is 12.8 Å². The Hall–Kier alpha value is -3.12. The fourth-order valence-corrected chi connectivity index (χ4v) is 3.65. The molecule has 3 aromatic rings. The van der Waals surface area contributed by atoms with Gasteiger partial charge >= 0.3 is 5.63 Å². The van der Waals surface area contributed by atoms with Crippen molar-refractivity contribution in [3.05, 3.63) is 76.1 Å². The molecule has 0 bridgehead atoms. The minimum Gasteiger partial charge on any atom is -0.507 e. The first-order valence-electron chi connectivity index (χ1n) is 9.12. The number of hydrazone groups is 1. The fourth-order valence-electron chi connectivity index (χ4n) is 3.65. The first-order valence-corrected chi connectivity index (χ1v) is 9.12. The molecule has 6 heteroatoms. The second-order valence-corrected chi connectivity index (χ2v) is 7.18. The predicted molar refractivity (Wildman–Crippen MR) is 112 cm³/mol. The molecule has 146 valence electrons. The van der Waals surface area contributed by atoms with Crippen molar-refractivity contribution in [3.8, 4) is 5.75 Å². The standard InChI is InChI=1S/C22H25N3O3/c1-14(24-23)17(13-25(2)3)19(15-9-5-4-6-10-15)20-21(26)16-11-7-8-12-18(16)28-22(20)27/h4-12,17,19,26H,13,23H2,1-3H3/b24-14+/t17-,19+/m0/s1. The van der Waals surface area contributed by atoms with Gasteiger partial charge in [-0.25, -0.2) is 4.79 Å². The third kappa shape index (κ3) is 3.77. The van der Waals surface area contributed by atoms with Crippen molar-refractivity contribution in [2.75, 3.05) is 20.6 Å². The van der Waals surface area contributed by atoms with Gasteiger partial charge in [-0.2, -0.15) is 5.10 Å². The number of rotatable bonds is 6. The van der Waals surface area contributed by atoms with Gasteiger partial charge in [0.25, 0.3) is 0 Å². The molecule has 0 amide bonds. The maximum Gasteiger partial charge on any atom is 0.343 e. The zero-order valence-corrected chi connectivity index (χ0v) is 16.3. The summed E-state index contributed by atoms with van der Waals surface area (Å²) in [6.07, 6.45) is 0. The molecule has 1 heterocycles. The summed E-state index contributed by atoms with van der Waals surface area (Å²) in [5, 5.41) is 15.5. The molecule has 0 aliphatic carbocycles. The molecule has 0 aliphatic rings. The summed E-state index contributed by atoms with van der Waals surface area (Å²) >= 11 is 0. The van der Waals surface area contributed by atoms with E-state index in [0.29, 0.717) is 23.2 Å². The van der Waals surface area contributed by atoms with Crippen LogP contribution in [0.25, 0.3) is 11.0 Å². The van der Waals surface area contributed by atoms with Crippen molar-refractivity contribution in [2.24, 2.45) is 16.9 Å². The Morgan fingerprint density at radius 1 is 1.14 bits per heavy atom. The summed E-state index contributed by atoms with van der Waals surface area (Å²) in [7, 11) is 3.89. The minimum absolute atomic E-state index is 0.0609. The maximum absolute atomic E-state index is 13.0. The molecule has 3 rings (SSSR count). The molecule has 0 unspecified atom stereocenters. The Morgan fingerprint density at radius 3 is 2.43 bits per heavy atom. The Kier molecular flexibility index (Phi) is 5.80. The van der Waals surface area contributed by atoms with Crippen LogP contribution < -0.4 is 11.5 Å². The van der Waals surface area contributed by atoms with E-state index in [9.17, 15) is 9.90 Å². The van der Waals surface area contributed by atoms with Gasteiger partial charge in [-0.05, 0) is 38.7 Å². The molecular weight excluding hydrogens is 354 g/mol. The average molecular weight is 379 g/mol. The Bertz CT molecular complexity index is 1040. The Balaban J connectivity index is 2.32. The minimum atomic E-state index is -0.557. The summed E-state index contributed by atoms with van der Waals surface area (Å²) in [5.41, 5.74) is 1.59. The van der Waals surface area contributed by atoms with Gasteiger partial charge in [0.15, 0.2) is 0 Å². The number of hydrogen-bond acceptors (Lipinski definition) is 6. The third-order valence-corrected chi connectivity index (χ3v) is 4.99. The molecule has 0 fully saturated rings. The Labute approximate surface area is 163 Å². The lowest BCUT2D eigenvalue weighted by Gasteiger charge is -2.30. The summed E-state index contributed by atoms with van der Waals surface area (Å²) in [6, 6.07) is 16.6. The van der Waals surface area contributed by atoms with Crippen LogP contribution in [0.15, 0.2) is 68.9 Å². The third-order valence-electron chi connectivity index (χ3n) is 4.99. The van der Waals surface area contributed by atoms with Gasteiger partial charge in [0.05, 0.1) is 10.9 Å². The van der Waals surface area contributed by atoms with E-state index in [1.165, 1.54) is 0 Å². The zero-order valence-electron chi connectivity index (χ0n) is 16.3. The number of para-hydroxylation sites is 1. The molecule has 6 nitrogen and oxygen atoms in total. The van der Waals surface area contributed by atoms with Crippen LogP contribution in [0.5, 0.6) is 5.75 Å². The largest absolute Gasteiger partial charge is 0.507 e. The number of nitrogens with zero attached hydrogens (tertiary/aromatic N) is 2. The topological polar surface area (TPSA) is 92.1 Å². The van der Waals surface area contributed by atoms with E-state index in [1.54, 1.807) is 24.3 Å². The van der Waals surface area contributed by atoms with Gasteiger partial charge in [-0.15, -0.1) is 0 Å². The SMILES string of the molecule is C/C(=N\N)[C@H](CN(C)C)[C@@H](c1ccccc1)c1c(O)c2ccccc2oc1=O. The first kappa shape index (κ1) is 19.6. The number of hydrogen-bond donors (Lipinski definition) is 2. The molecule has 0 spiro atoms. The van der Waals surface area contributed by atoms with Crippen LogP contribution in [0.3, 0.4) is 0 Å². The fraction of sp³-hybridized carbons (Fsp3) is 0.273. The van der Waals surface area contributed by atoms with E-state index in [0.717, 1.165) is 5.56 Å². The van der Waals surface area contributed by atoms with Crippen molar-refractivity contribution in [1.29, 1.82) is 0 Å². The van der Waals surface area contributed by atoms with E-state index in [2.05, 4.69) is 5.10 Å². The second-order valence-electron chi connectivity index (χ2n) is 7.18. The lowest BCUT2D eigenvalue weighted by molar-refractivity contribution is 0.346. The summed E-state index contributed by atoms with van der Waals surface area (Å²) in [4.78, 5) is 15.0.